The molecule has 35 heavy (non-hydrogen) atoms. The van der Waals surface area contributed by atoms with E-state index in [-0.39, 0.29) is 18.2 Å². The molecule has 3 aromatic rings. The van der Waals surface area contributed by atoms with Gasteiger partial charge in [-0.3, -0.25) is 9.59 Å². The number of nitrogens with zero attached hydrogens (tertiary/aromatic N) is 1. The van der Waals surface area contributed by atoms with Crippen molar-refractivity contribution in [1.82, 2.24) is 10.2 Å². The Hall–Kier alpha value is -2.34. The summed E-state index contributed by atoms with van der Waals surface area (Å²) in [6, 6.07) is 22.1. The lowest BCUT2D eigenvalue weighted by Gasteiger charge is -2.32. The third kappa shape index (κ3) is 8.38. The van der Waals surface area contributed by atoms with E-state index in [1.165, 1.54) is 0 Å². The zero-order chi connectivity index (χ0) is 25.2. The van der Waals surface area contributed by atoms with Gasteiger partial charge >= 0.3 is 0 Å². The van der Waals surface area contributed by atoms with Crippen LogP contribution in [0.25, 0.3) is 0 Å². The molecule has 0 fully saturated rings. The van der Waals surface area contributed by atoms with Gasteiger partial charge < -0.3 is 10.2 Å². The van der Waals surface area contributed by atoms with Crippen molar-refractivity contribution in [2.45, 2.75) is 45.2 Å². The Balaban J connectivity index is 1.95. The highest BCUT2D eigenvalue weighted by molar-refractivity contribution is 9.10. The third-order valence-corrected chi connectivity index (χ3v) is 6.91. The minimum Gasteiger partial charge on any atom is -0.354 e. The van der Waals surface area contributed by atoms with E-state index in [1.807, 2.05) is 54.6 Å². The van der Waals surface area contributed by atoms with Gasteiger partial charge in [-0.2, -0.15) is 0 Å². The van der Waals surface area contributed by atoms with Crippen molar-refractivity contribution in [1.29, 1.82) is 0 Å². The molecule has 0 aromatic heterocycles. The van der Waals surface area contributed by atoms with E-state index in [1.54, 1.807) is 23.1 Å². The molecule has 1 N–H and O–H groups in total. The Bertz CT molecular complexity index is 1140. The Morgan fingerprint density at radius 2 is 1.66 bits per heavy atom. The summed E-state index contributed by atoms with van der Waals surface area (Å²) in [5, 5.41) is 3.87. The topological polar surface area (TPSA) is 49.4 Å². The Morgan fingerprint density at radius 1 is 0.914 bits per heavy atom. The lowest BCUT2D eigenvalue weighted by atomic mass is 10.0. The monoisotopic (exact) mass is 574 g/mol. The van der Waals surface area contributed by atoms with Gasteiger partial charge in [-0.15, -0.1) is 0 Å². The summed E-state index contributed by atoms with van der Waals surface area (Å²) in [7, 11) is 0. The van der Waals surface area contributed by atoms with Gasteiger partial charge in [-0.25, -0.2) is 0 Å². The maximum atomic E-state index is 13.7. The molecule has 0 saturated heterocycles. The first-order valence-corrected chi connectivity index (χ1v) is 13.2. The molecule has 0 bridgehead atoms. The molecule has 0 aliphatic rings. The van der Waals surface area contributed by atoms with E-state index in [4.69, 9.17) is 23.2 Å². The van der Waals surface area contributed by atoms with E-state index in [2.05, 4.69) is 28.2 Å². The molecule has 7 heteroatoms. The number of carbonyl (C=O) groups is 2. The van der Waals surface area contributed by atoms with Crippen LogP contribution >= 0.6 is 39.1 Å². The normalized spacial score (nSPS) is 11.7. The van der Waals surface area contributed by atoms with E-state index in [0.29, 0.717) is 29.6 Å². The third-order valence-electron chi connectivity index (χ3n) is 5.68. The molecule has 3 rings (SSSR count). The molecule has 1 atom stereocenters. The molecular formula is C28H29BrCl2N2O2. The minimum atomic E-state index is -0.663. The molecule has 3 aromatic carbocycles. The van der Waals surface area contributed by atoms with Crippen molar-refractivity contribution in [3.05, 3.63) is 104 Å². The van der Waals surface area contributed by atoms with Gasteiger partial charge in [0, 0.05) is 24.0 Å². The van der Waals surface area contributed by atoms with Crippen LogP contribution in [0.2, 0.25) is 10.0 Å². The van der Waals surface area contributed by atoms with Crippen molar-refractivity contribution in [2.75, 3.05) is 6.54 Å². The summed E-state index contributed by atoms with van der Waals surface area (Å²) in [6.07, 6.45) is 2.38. The molecule has 0 radical (unpaired) electrons. The van der Waals surface area contributed by atoms with Gasteiger partial charge in [0.1, 0.15) is 6.04 Å². The molecule has 0 aliphatic heterocycles. The number of amides is 2. The van der Waals surface area contributed by atoms with Crippen LogP contribution in [0.4, 0.5) is 0 Å². The lowest BCUT2D eigenvalue weighted by molar-refractivity contribution is -0.140. The number of halogens is 3. The van der Waals surface area contributed by atoms with Crippen LogP contribution in [0, 0.1) is 0 Å². The maximum absolute atomic E-state index is 13.7. The largest absolute Gasteiger partial charge is 0.354 e. The van der Waals surface area contributed by atoms with Crippen molar-refractivity contribution < 1.29 is 9.59 Å². The molecular weight excluding hydrogens is 547 g/mol. The van der Waals surface area contributed by atoms with Gasteiger partial charge in [0.15, 0.2) is 0 Å². The Labute approximate surface area is 225 Å². The average molecular weight is 576 g/mol. The number of hydrogen-bond donors (Lipinski definition) is 1. The van der Waals surface area contributed by atoms with E-state index in [9.17, 15) is 9.59 Å². The second-order valence-corrected chi connectivity index (χ2v) is 10.2. The zero-order valence-electron chi connectivity index (χ0n) is 19.6. The number of unbranched alkanes of at least 4 members (excludes halogenated alkanes) is 1. The summed E-state index contributed by atoms with van der Waals surface area (Å²) in [6.45, 7) is 2.96. The molecule has 2 amide bonds. The summed E-state index contributed by atoms with van der Waals surface area (Å²) in [5.41, 5.74) is 2.67. The molecule has 184 valence electrons. The van der Waals surface area contributed by atoms with Gasteiger partial charge in [0.05, 0.1) is 16.5 Å². The Morgan fingerprint density at radius 3 is 2.34 bits per heavy atom. The predicted molar refractivity (Wildman–Crippen MR) is 147 cm³/mol. The fraction of sp³-hybridized carbons (Fsp3) is 0.286. The van der Waals surface area contributed by atoms with Crippen molar-refractivity contribution >= 4 is 50.9 Å². The van der Waals surface area contributed by atoms with Crippen LogP contribution in [-0.4, -0.2) is 29.3 Å². The summed E-state index contributed by atoms with van der Waals surface area (Å²) in [4.78, 5) is 28.8. The standard InChI is InChI=1S/C28H29BrCl2N2O2/c1-2-3-14-32-28(35)26(17-20-8-5-4-6-9-20)33(19-22-10-7-11-23(29)15-22)27(34)18-21-12-13-24(30)25(31)16-21/h4-13,15-16,26H,2-3,14,17-19H2,1H3,(H,32,35)/t26-/m0/s1. The summed E-state index contributed by atoms with van der Waals surface area (Å²) >= 11 is 15.8. The molecule has 0 saturated carbocycles. The SMILES string of the molecule is CCCCNC(=O)[C@H](Cc1ccccc1)N(Cc1cccc(Br)c1)C(=O)Cc1ccc(Cl)c(Cl)c1. The minimum absolute atomic E-state index is 0.110. The maximum Gasteiger partial charge on any atom is 0.243 e. The van der Waals surface area contributed by atoms with Gasteiger partial charge in [-0.1, -0.05) is 101 Å². The molecule has 0 spiro atoms. The van der Waals surface area contributed by atoms with Crippen LogP contribution in [0.3, 0.4) is 0 Å². The smallest absolute Gasteiger partial charge is 0.243 e. The molecule has 0 heterocycles. The van der Waals surface area contributed by atoms with Gasteiger partial charge in [0.25, 0.3) is 0 Å². The van der Waals surface area contributed by atoms with Crippen LogP contribution in [0.15, 0.2) is 77.3 Å². The predicted octanol–water partition coefficient (Wildman–Crippen LogP) is 6.85. The van der Waals surface area contributed by atoms with Crippen LogP contribution < -0.4 is 5.32 Å². The first-order valence-electron chi connectivity index (χ1n) is 11.7. The van der Waals surface area contributed by atoms with Crippen molar-refractivity contribution in [2.24, 2.45) is 0 Å². The number of benzene rings is 3. The number of nitrogens with one attached hydrogen (secondary N) is 1. The fourth-order valence-electron chi connectivity index (χ4n) is 3.82. The zero-order valence-corrected chi connectivity index (χ0v) is 22.7. The fourth-order valence-corrected chi connectivity index (χ4v) is 4.59. The van der Waals surface area contributed by atoms with Crippen LogP contribution in [0.5, 0.6) is 0 Å². The van der Waals surface area contributed by atoms with Crippen LogP contribution in [-0.2, 0) is 29.0 Å². The van der Waals surface area contributed by atoms with E-state index >= 15 is 0 Å². The molecule has 0 unspecified atom stereocenters. The first-order chi connectivity index (χ1) is 16.9. The Kier molecular flexibility index (Phi) is 10.6. The highest BCUT2D eigenvalue weighted by Gasteiger charge is 2.30. The molecule has 0 aliphatic carbocycles. The first kappa shape index (κ1) is 27.3. The lowest BCUT2D eigenvalue weighted by Crippen LogP contribution is -2.51. The second-order valence-electron chi connectivity index (χ2n) is 8.43. The van der Waals surface area contributed by atoms with Crippen LogP contribution in [0.1, 0.15) is 36.5 Å². The van der Waals surface area contributed by atoms with Gasteiger partial charge in [0.2, 0.25) is 11.8 Å². The summed E-state index contributed by atoms with van der Waals surface area (Å²) < 4.78 is 0.916. The highest BCUT2D eigenvalue weighted by atomic mass is 79.9. The quantitative estimate of drug-likeness (QED) is 0.254. The number of hydrogen-bond acceptors (Lipinski definition) is 2. The second kappa shape index (κ2) is 13.7. The highest BCUT2D eigenvalue weighted by Crippen LogP contribution is 2.24. The van der Waals surface area contributed by atoms with Crippen molar-refractivity contribution in [3.8, 4) is 0 Å². The summed E-state index contributed by atoms with van der Waals surface area (Å²) in [5.74, 6) is -0.310. The van der Waals surface area contributed by atoms with Gasteiger partial charge in [-0.05, 0) is 47.4 Å². The number of rotatable bonds is 11. The molecule has 4 nitrogen and oxygen atoms in total. The van der Waals surface area contributed by atoms with E-state index < -0.39 is 6.04 Å². The average Bonchev–Trinajstić information content (AvgIpc) is 2.84. The van der Waals surface area contributed by atoms with Crippen molar-refractivity contribution in [3.63, 3.8) is 0 Å². The number of carbonyl (C=O) groups excluding carboxylic acids is 2. The van der Waals surface area contributed by atoms with E-state index in [0.717, 1.165) is 34.0 Å².